The second kappa shape index (κ2) is 7.95. The third-order valence-corrected chi connectivity index (χ3v) is 7.96. The number of piperidine rings is 1. The van der Waals surface area contributed by atoms with Gasteiger partial charge < -0.3 is 15.5 Å². The summed E-state index contributed by atoms with van der Waals surface area (Å²) in [7, 11) is 0. The number of nitrogens with one attached hydrogen (secondary N) is 1. The summed E-state index contributed by atoms with van der Waals surface area (Å²) in [5.74, 6) is 0.919. The number of fused-ring (bicyclic) bond motifs is 1. The quantitative estimate of drug-likeness (QED) is 0.668. The van der Waals surface area contributed by atoms with E-state index in [1.807, 2.05) is 48.5 Å². The number of carbonyl (C=O) groups excluding carboxylic acids is 1. The summed E-state index contributed by atoms with van der Waals surface area (Å²) in [6.45, 7) is 3.93. The first-order chi connectivity index (χ1) is 15.0. The zero-order chi connectivity index (χ0) is 21.6. The van der Waals surface area contributed by atoms with Gasteiger partial charge in [0.1, 0.15) is 5.75 Å². The van der Waals surface area contributed by atoms with E-state index in [-0.39, 0.29) is 23.9 Å². The van der Waals surface area contributed by atoms with Gasteiger partial charge in [-0.25, -0.2) is 0 Å². The van der Waals surface area contributed by atoms with Crippen LogP contribution in [-0.4, -0.2) is 40.2 Å². The largest absolute Gasteiger partial charge is 0.508 e. The van der Waals surface area contributed by atoms with Crippen molar-refractivity contribution >= 4 is 5.91 Å². The molecule has 5 rings (SSSR count). The molecule has 0 radical (unpaired) electrons. The number of aromatic hydroxyl groups is 1. The van der Waals surface area contributed by atoms with Crippen LogP contribution in [0, 0.1) is 17.8 Å². The maximum atomic E-state index is 13.4. The summed E-state index contributed by atoms with van der Waals surface area (Å²) >= 11 is 0. The third-order valence-electron chi connectivity index (χ3n) is 7.96. The molecule has 5 heteroatoms. The van der Waals surface area contributed by atoms with Crippen LogP contribution >= 0.6 is 0 Å². The lowest BCUT2D eigenvalue weighted by molar-refractivity contribution is -0.147. The molecule has 0 aromatic heterocycles. The van der Waals surface area contributed by atoms with Gasteiger partial charge in [-0.05, 0) is 43.2 Å². The second-order valence-corrected chi connectivity index (χ2v) is 9.63. The van der Waals surface area contributed by atoms with Crippen molar-refractivity contribution < 1.29 is 15.0 Å². The van der Waals surface area contributed by atoms with Crippen LogP contribution < -0.4 is 5.32 Å². The fourth-order valence-electron chi connectivity index (χ4n) is 5.98. The number of carbonyl (C=O) groups is 1. The molecule has 2 saturated carbocycles. The van der Waals surface area contributed by atoms with Gasteiger partial charge in [0.15, 0.2) is 5.60 Å². The highest BCUT2D eigenvalue weighted by atomic mass is 16.3. The van der Waals surface area contributed by atoms with E-state index < -0.39 is 5.60 Å². The molecule has 2 aliphatic carbocycles. The lowest BCUT2D eigenvalue weighted by Gasteiger charge is -2.34. The normalized spacial score (nSPS) is 28.6. The average molecular weight is 421 g/mol. The van der Waals surface area contributed by atoms with Gasteiger partial charge in [0.25, 0.3) is 5.91 Å². The van der Waals surface area contributed by atoms with Crippen LogP contribution in [0.15, 0.2) is 54.6 Å². The van der Waals surface area contributed by atoms with Gasteiger partial charge in [0.05, 0.1) is 0 Å². The average Bonchev–Trinajstić information content (AvgIpc) is 3.20. The molecule has 3 fully saturated rings. The Morgan fingerprint density at radius 1 is 1.03 bits per heavy atom. The molecule has 3 aliphatic rings. The highest BCUT2D eigenvalue weighted by Gasteiger charge is 2.59. The summed E-state index contributed by atoms with van der Waals surface area (Å²) in [6, 6.07) is 17.3. The molecule has 1 heterocycles. The maximum Gasteiger partial charge on any atom is 0.257 e. The predicted molar refractivity (Wildman–Crippen MR) is 119 cm³/mol. The van der Waals surface area contributed by atoms with Crippen LogP contribution in [-0.2, 0) is 10.4 Å². The van der Waals surface area contributed by atoms with E-state index in [0.717, 1.165) is 44.3 Å². The lowest BCUT2D eigenvalue weighted by Crippen LogP contribution is -2.51. The van der Waals surface area contributed by atoms with Crippen molar-refractivity contribution in [1.29, 1.82) is 0 Å². The van der Waals surface area contributed by atoms with Crippen molar-refractivity contribution in [3.8, 4) is 5.75 Å². The molecule has 5 atom stereocenters. The summed E-state index contributed by atoms with van der Waals surface area (Å²) in [5.41, 5.74) is 0.210. The molecule has 2 aromatic carbocycles. The number of hydrogen-bond acceptors (Lipinski definition) is 4. The highest BCUT2D eigenvalue weighted by molar-refractivity contribution is 5.87. The van der Waals surface area contributed by atoms with E-state index in [4.69, 9.17) is 0 Å². The molecule has 5 nitrogen and oxygen atoms in total. The molecule has 4 unspecified atom stereocenters. The second-order valence-electron chi connectivity index (χ2n) is 9.63. The minimum Gasteiger partial charge on any atom is -0.508 e. The number of rotatable bonds is 6. The van der Waals surface area contributed by atoms with E-state index >= 15 is 0 Å². The van der Waals surface area contributed by atoms with E-state index in [1.165, 1.54) is 0 Å². The van der Waals surface area contributed by atoms with Crippen LogP contribution in [0.2, 0.25) is 0 Å². The van der Waals surface area contributed by atoms with Crippen molar-refractivity contribution in [3.63, 3.8) is 0 Å². The molecule has 1 aliphatic heterocycles. The van der Waals surface area contributed by atoms with Gasteiger partial charge in [-0.3, -0.25) is 9.69 Å². The van der Waals surface area contributed by atoms with Crippen molar-refractivity contribution in [2.75, 3.05) is 13.1 Å². The Kier molecular flexibility index (Phi) is 5.27. The Morgan fingerprint density at radius 3 is 2.29 bits per heavy atom. The predicted octanol–water partition coefficient (Wildman–Crippen LogP) is 3.58. The molecular formula is C26H32N2O3. The van der Waals surface area contributed by atoms with Crippen molar-refractivity contribution in [2.24, 2.45) is 17.8 Å². The number of nitrogens with zero attached hydrogens (tertiary/aromatic N) is 1. The van der Waals surface area contributed by atoms with Crippen LogP contribution in [0.4, 0.5) is 0 Å². The van der Waals surface area contributed by atoms with Gasteiger partial charge in [-0.1, -0.05) is 61.4 Å². The van der Waals surface area contributed by atoms with Gasteiger partial charge in [0, 0.05) is 36.7 Å². The summed E-state index contributed by atoms with van der Waals surface area (Å²) in [6.07, 6.45) is 3.92. The zero-order valence-electron chi connectivity index (χ0n) is 18.1. The van der Waals surface area contributed by atoms with Crippen LogP contribution in [0.3, 0.4) is 0 Å². The van der Waals surface area contributed by atoms with E-state index in [9.17, 15) is 15.0 Å². The molecule has 2 aromatic rings. The smallest absolute Gasteiger partial charge is 0.257 e. The Labute approximate surface area is 184 Å². The number of phenols is 1. The van der Waals surface area contributed by atoms with Gasteiger partial charge in [0.2, 0.25) is 0 Å². The SMILES string of the molecule is CC(c1ccccc1O)N1CC2C(NC(=O)C(O)(c3ccccc3)C3CCCC3)[C@H]2C1. The number of aliphatic hydroxyl groups is 1. The van der Waals surface area contributed by atoms with E-state index in [1.54, 1.807) is 6.07 Å². The summed E-state index contributed by atoms with van der Waals surface area (Å²) in [4.78, 5) is 15.8. The number of likely N-dealkylation sites (tertiary alicyclic amines) is 1. The van der Waals surface area contributed by atoms with Gasteiger partial charge >= 0.3 is 0 Å². The fourth-order valence-corrected chi connectivity index (χ4v) is 5.98. The summed E-state index contributed by atoms with van der Waals surface area (Å²) < 4.78 is 0. The first kappa shape index (κ1) is 20.5. The van der Waals surface area contributed by atoms with E-state index in [2.05, 4.69) is 17.1 Å². The highest BCUT2D eigenvalue weighted by Crippen LogP contribution is 2.49. The van der Waals surface area contributed by atoms with Crippen molar-refractivity contribution in [2.45, 2.75) is 50.3 Å². The first-order valence-corrected chi connectivity index (χ1v) is 11.6. The Hall–Kier alpha value is -2.37. The number of hydrogen-bond donors (Lipinski definition) is 3. The molecule has 3 N–H and O–H groups in total. The Morgan fingerprint density at radius 2 is 1.65 bits per heavy atom. The molecule has 164 valence electrons. The number of amides is 1. The first-order valence-electron chi connectivity index (χ1n) is 11.6. The molecule has 0 spiro atoms. The van der Waals surface area contributed by atoms with Crippen LogP contribution in [0.5, 0.6) is 5.75 Å². The minimum atomic E-state index is -1.45. The fraction of sp³-hybridized carbons (Fsp3) is 0.500. The minimum absolute atomic E-state index is 0.0222. The zero-order valence-corrected chi connectivity index (χ0v) is 18.1. The lowest BCUT2D eigenvalue weighted by atomic mass is 9.79. The summed E-state index contributed by atoms with van der Waals surface area (Å²) in [5, 5.41) is 25.1. The number of phenolic OH excluding ortho intramolecular Hbond substituents is 1. The van der Waals surface area contributed by atoms with Gasteiger partial charge in [-0.15, -0.1) is 0 Å². The molecule has 31 heavy (non-hydrogen) atoms. The third kappa shape index (κ3) is 3.54. The molecular weight excluding hydrogens is 388 g/mol. The van der Waals surface area contributed by atoms with Crippen molar-refractivity contribution in [1.82, 2.24) is 10.2 Å². The van der Waals surface area contributed by atoms with Crippen molar-refractivity contribution in [3.05, 3.63) is 65.7 Å². The topological polar surface area (TPSA) is 72.8 Å². The Bertz CT molecular complexity index is 931. The standard InChI is InChI=1S/C26H32N2O3/c1-17(20-13-7-8-14-23(20)29)28-15-21-22(16-28)24(21)27-25(30)26(31,19-11-5-6-12-19)18-9-3-2-4-10-18/h2-4,7-10,13-14,17,19,21-22,24,29,31H,5-6,11-12,15-16H2,1H3,(H,27,30)/t17?,21-,22?,24?,26?/m0/s1. The molecule has 1 amide bonds. The maximum absolute atomic E-state index is 13.4. The van der Waals surface area contributed by atoms with Crippen LogP contribution in [0.25, 0.3) is 0 Å². The van der Waals surface area contributed by atoms with Crippen LogP contribution in [0.1, 0.15) is 49.8 Å². The molecule has 1 saturated heterocycles. The van der Waals surface area contributed by atoms with E-state index in [0.29, 0.717) is 23.1 Å². The van der Waals surface area contributed by atoms with Gasteiger partial charge in [-0.2, -0.15) is 0 Å². The monoisotopic (exact) mass is 420 g/mol. The number of para-hydroxylation sites is 1. The molecule has 0 bridgehead atoms. The Balaban J connectivity index is 1.25. The number of benzene rings is 2.